The van der Waals surface area contributed by atoms with Gasteiger partial charge in [-0.2, -0.15) is 18.3 Å². The summed E-state index contributed by atoms with van der Waals surface area (Å²) in [5, 5.41) is 12.5. The van der Waals surface area contributed by atoms with Gasteiger partial charge in [0.25, 0.3) is 0 Å². The number of aliphatic hydroxyl groups excluding tert-OH is 1. The van der Waals surface area contributed by atoms with Gasteiger partial charge in [0, 0.05) is 0 Å². The lowest BCUT2D eigenvalue weighted by atomic mass is 10.3. The maximum atomic E-state index is 12.4. The quantitative estimate of drug-likeness (QED) is 0.895. The Kier molecular flexibility index (Phi) is 3.20. The number of aliphatic hydroxyl groups is 1. The summed E-state index contributed by atoms with van der Waals surface area (Å²) >= 11 is 2.76. The highest BCUT2D eigenvalue weighted by Gasteiger charge is 2.37. The van der Waals surface area contributed by atoms with Crippen LogP contribution in [0, 0.1) is 0 Å². The molecular formula is C7H8BrF3N2O. The van der Waals surface area contributed by atoms with Crippen LogP contribution in [-0.4, -0.2) is 21.0 Å². The molecule has 0 aliphatic heterocycles. The lowest BCUT2D eigenvalue weighted by Gasteiger charge is -2.12. The minimum atomic E-state index is -4.47. The lowest BCUT2D eigenvalue weighted by molar-refractivity contribution is -0.145. The molecule has 1 heterocycles. The minimum absolute atomic E-state index is 0.120. The highest BCUT2D eigenvalue weighted by Crippen LogP contribution is 2.34. The fourth-order valence-electron chi connectivity index (χ4n) is 1.03. The maximum Gasteiger partial charge on any atom is 0.434 e. The average molecular weight is 273 g/mol. The predicted octanol–water partition coefficient (Wildman–Crippen LogP) is 2.05. The fourth-order valence-corrected chi connectivity index (χ4v) is 1.55. The summed E-state index contributed by atoms with van der Waals surface area (Å²) in [6.45, 7) is 1.22. The first-order chi connectivity index (χ1) is 6.32. The molecule has 0 fully saturated rings. The van der Waals surface area contributed by atoms with Gasteiger partial charge in [-0.1, -0.05) is 0 Å². The number of rotatable bonds is 2. The van der Waals surface area contributed by atoms with Crippen molar-refractivity contribution in [2.45, 2.75) is 25.7 Å². The molecule has 0 saturated heterocycles. The van der Waals surface area contributed by atoms with Gasteiger partial charge in [0.1, 0.15) is 0 Å². The number of hydrogen-bond donors (Lipinski definition) is 1. The second-order valence-corrected chi connectivity index (χ2v) is 3.72. The number of aromatic nitrogens is 2. The fraction of sp³-hybridized carbons (Fsp3) is 0.571. The van der Waals surface area contributed by atoms with E-state index in [0.717, 1.165) is 10.9 Å². The number of alkyl halides is 3. The van der Waals surface area contributed by atoms with E-state index in [2.05, 4.69) is 21.0 Å². The molecule has 1 aromatic rings. The molecule has 1 rings (SSSR count). The SMILES string of the molecule is CC(O)Cn1ncc(Br)c1C(F)(F)F. The normalized spacial score (nSPS) is 14.4. The van der Waals surface area contributed by atoms with Crippen LogP contribution in [0.1, 0.15) is 12.6 Å². The van der Waals surface area contributed by atoms with Gasteiger partial charge in [-0.05, 0) is 22.9 Å². The Hall–Kier alpha value is -0.560. The van der Waals surface area contributed by atoms with Gasteiger partial charge in [0.05, 0.1) is 23.3 Å². The summed E-state index contributed by atoms with van der Waals surface area (Å²) < 4.78 is 37.9. The van der Waals surface area contributed by atoms with Crippen molar-refractivity contribution in [2.75, 3.05) is 0 Å². The van der Waals surface area contributed by atoms with Gasteiger partial charge < -0.3 is 5.11 Å². The molecule has 1 aromatic heterocycles. The van der Waals surface area contributed by atoms with Crippen molar-refractivity contribution in [3.05, 3.63) is 16.4 Å². The monoisotopic (exact) mass is 272 g/mol. The Morgan fingerprint density at radius 3 is 2.64 bits per heavy atom. The second-order valence-electron chi connectivity index (χ2n) is 2.87. The van der Waals surface area contributed by atoms with Crippen molar-refractivity contribution in [2.24, 2.45) is 0 Å². The highest BCUT2D eigenvalue weighted by atomic mass is 79.9. The molecule has 0 saturated carbocycles. The average Bonchev–Trinajstić information content (AvgIpc) is 2.28. The standard InChI is InChI=1S/C7H8BrF3N2O/c1-4(14)3-13-6(7(9,10)11)5(8)2-12-13/h2,4,14H,3H2,1H3. The Labute approximate surface area is 86.7 Å². The summed E-state index contributed by atoms with van der Waals surface area (Å²) in [7, 11) is 0. The number of nitrogens with zero attached hydrogens (tertiary/aromatic N) is 2. The van der Waals surface area contributed by atoms with Crippen molar-refractivity contribution in [1.29, 1.82) is 0 Å². The largest absolute Gasteiger partial charge is 0.434 e. The molecule has 1 atom stereocenters. The van der Waals surface area contributed by atoms with E-state index in [0.29, 0.717) is 0 Å². The van der Waals surface area contributed by atoms with E-state index in [1.165, 1.54) is 6.92 Å². The van der Waals surface area contributed by atoms with Crippen LogP contribution in [-0.2, 0) is 12.7 Å². The van der Waals surface area contributed by atoms with Crippen LogP contribution in [0.25, 0.3) is 0 Å². The van der Waals surface area contributed by atoms with Gasteiger partial charge in [0.2, 0.25) is 0 Å². The van der Waals surface area contributed by atoms with E-state index in [1.54, 1.807) is 0 Å². The second kappa shape index (κ2) is 3.90. The zero-order chi connectivity index (χ0) is 10.9. The molecule has 0 spiro atoms. The highest BCUT2D eigenvalue weighted by molar-refractivity contribution is 9.10. The topological polar surface area (TPSA) is 38.0 Å². The molecule has 0 aliphatic rings. The summed E-state index contributed by atoms with van der Waals surface area (Å²) in [4.78, 5) is 0. The van der Waals surface area contributed by atoms with E-state index in [-0.39, 0.29) is 11.0 Å². The summed E-state index contributed by atoms with van der Waals surface area (Å²) in [6.07, 6.45) is -4.28. The van der Waals surface area contributed by atoms with Gasteiger partial charge in [0.15, 0.2) is 5.69 Å². The molecule has 0 aromatic carbocycles. The van der Waals surface area contributed by atoms with E-state index >= 15 is 0 Å². The predicted molar refractivity (Wildman–Crippen MR) is 46.6 cm³/mol. The molecule has 0 radical (unpaired) electrons. The van der Waals surface area contributed by atoms with Crippen LogP contribution < -0.4 is 0 Å². The van der Waals surface area contributed by atoms with Crippen LogP contribution in [0.5, 0.6) is 0 Å². The molecule has 0 bridgehead atoms. The van der Waals surface area contributed by atoms with Crippen molar-refractivity contribution >= 4 is 15.9 Å². The van der Waals surface area contributed by atoms with Crippen LogP contribution in [0.15, 0.2) is 10.7 Å². The molecular weight excluding hydrogens is 265 g/mol. The molecule has 14 heavy (non-hydrogen) atoms. The molecule has 7 heteroatoms. The first kappa shape index (κ1) is 11.5. The Balaban J connectivity index is 3.07. The van der Waals surface area contributed by atoms with Crippen LogP contribution >= 0.6 is 15.9 Å². The molecule has 80 valence electrons. The third-order valence-corrected chi connectivity index (χ3v) is 2.08. The van der Waals surface area contributed by atoms with Gasteiger partial charge >= 0.3 is 6.18 Å². The van der Waals surface area contributed by atoms with E-state index in [4.69, 9.17) is 5.11 Å². The molecule has 0 aliphatic carbocycles. The minimum Gasteiger partial charge on any atom is -0.391 e. The lowest BCUT2D eigenvalue weighted by Crippen LogP contribution is -2.20. The summed E-state index contributed by atoms with van der Waals surface area (Å²) in [5.74, 6) is 0. The van der Waals surface area contributed by atoms with Crippen molar-refractivity contribution in [1.82, 2.24) is 9.78 Å². The molecule has 3 nitrogen and oxygen atoms in total. The van der Waals surface area contributed by atoms with Gasteiger partial charge in [-0.25, -0.2) is 0 Å². The van der Waals surface area contributed by atoms with Crippen LogP contribution in [0.3, 0.4) is 0 Å². The van der Waals surface area contributed by atoms with Crippen LogP contribution in [0.2, 0.25) is 0 Å². The third kappa shape index (κ3) is 2.48. The van der Waals surface area contributed by atoms with E-state index in [9.17, 15) is 13.2 Å². The van der Waals surface area contributed by atoms with E-state index in [1.807, 2.05) is 0 Å². The van der Waals surface area contributed by atoms with Gasteiger partial charge in [-0.15, -0.1) is 0 Å². The van der Waals surface area contributed by atoms with Crippen molar-refractivity contribution in [3.63, 3.8) is 0 Å². The maximum absolute atomic E-state index is 12.4. The van der Waals surface area contributed by atoms with Gasteiger partial charge in [-0.3, -0.25) is 4.68 Å². The third-order valence-electron chi connectivity index (χ3n) is 1.50. The zero-order valence-corrected chi connectivity index (χ0v) is 8.80. The van der Waals surface area contributed by atoms with Crippen molar-refractivity contribution in [3.8, 4) is 0 Å². The Morgan fingerprint density at radius 1 is 1.64 bits per heavy atom. The first-order valence-electron chi connectivity index (χ1n) is 3.79. The zero-order valence-electron chi connectivity index (χ0n) is 7.22. The smallest absolute Gasteiger partial charge is 0.391 e. The Bertz CT molecular complexity index is 321. The first-order valence-corrected chi connectivity index (χ1v) is 4.58. The molecule has 0 amide bonds. The number of halogens is 4. The number of hydrogen-bond acceptors (Lipinski definition) is 2. The summed E-state index contributed by atoms with van der Waals surface area (Å²) in [6, 6.07) is 0. The Morgan fingerprint density at radius 2 is 2.21 bits per heavy atom. The van der Waals surface area contributed by atoms with E-state index < -0.39 is 18.0 Å². The summed E-state index contributed by atoms with van der Waals surface area (Å²) in [5.41, 5.74) is -0.876. The molecule has 1 unspecified atom stereocenters. The van der Waals surface area contributed by atoms with Crippen molar-refractivity contribution < 1.29 is 18.3 Å². The van der Waals surface area contributed by atoms with Crippen LogP contribution in [0.4, 0.5) is 13.2 Å². The molecule has 1 N–H and O–H groups in total.